The van der Waals surface area contributed by atoms with Gasteiger partial charge in [-0.25, -0.2) is 20.0 Å². The van der Waals surface area contributed by atoms with Gasteiger partial charge in [-0.2, -0.15) is 0 Å². The number of aromatic nitrogens is 3. The second-order valence-corrected chi connectivity index (χ2v) is 6.41. The second-order valence-electron chi connectivity index (χ2n) is 6.41. The van der Waals surface area contributed by atoms with E-state index in [1.165, 1.54) is 6.34 Å². The Morgan fingerprint density at radius 3 is 2.82 bits per heavy atom. The van der Waals surface area contributed by atoms with Crippen molar-refractivity contribution in [2.45, 2.75) is 12.5 Å². The van der Waals surface area contributed by atoms with Gasteiger partial charge in [0.1, 0.15) is 6.34 Å². The van der Waals surface area contributed by atoms with E-state index in [0.717, 1.165) is 30.1 Å². The summed E-state index contributed by atoms with van der Waals surface area (Å²) in [6.45, 7) is 1.41. The molecule has 2 aromatic heterocycles. The van der Waals surface area contributed by atoms with E-state index >= 15 is 0 Å². The fourth-order valence-corrected chi connectivity index (χ4v) is 3.12. The molecule has 1 aliphatic heterocycles. The second kappa shape index (κ2) is 7.87. The van der Waals surface area contributed by atoms with Gasteiger partial charge in [-0.1, -0.05) is 18.2 Å². The highest BCUT2D eigenvalue weighted by Gasteiger charge is 2.27. The number of nitrogens with zero attached hydrogens (tertiary/aromatic N) is 6. The predicted molar refractivity (Wildman–Crippen MR) is 108 cm³/mol. The molecule has 1 amide bonds. The monoisotopic (exact) mass is 376 g/mol. The molecule has 3 N–H and O–H groups in total. The van der Waals surface area contributed by atoms with Gasteiger partial charge in [-0.05, 0) is 18.6 Å². The van der Waals surface area contributed by atoms with Gasteiger partial charge in [0.05, 0.1) is 5.69 Å². The van der Waals surface area contributed by atoms with Crippen molar-refractivity contribution in [1.82, 2.24) is 19.7 Å². The lowest BCUT2D eigenvalue weighted by molar-refractivity contribution is -0.115. The molecule has 4 rings (SSSR count). The molecule has 142 valence electrons. The van der Waals surface area contributed by atoms with Crippen molar-refractivity contribution >= 4 is 35.2 Å². The van der Waals surface area contributed by atoms with Crippen molar-refractivity contribution in [1.29, 1.82) is 0 Å². The molecule has 1 aromatic carbocycles. The minimum atomic E-state index is -0.404. The van der Waals surface area contributed by atoms with E-state index in [1.807, 2.05) is 47.1 Å². The molecule has 9 nitrogen and oxygen atoms in total. The van der Waals surface area contributed by atoms with E-state index < -0.39 is 5.91 Å². The SMILES string of the molecule is NC(=NC=Nc1ccccc1)C(=O)N[C@H]1CCN(c2nccn3ccnc23)C1. The van der Waals surface area contributed by atoms with E-state index in [9.17, 15) is 4.79 Å². The average molecular weight is 376 g/mol. The van der Waals surface area contributed by atoms with Crippen LogP contribution in [-0.4, -0.2) is 51.6 Å². The summed E-state index contributed by atoms with van der Waals surface area (Å²) in [7, 11) is 0. The number of amides is 1. The Morgan fingerprint density at radius 1 is 1.21 bits per heavy atom. The van der Waals surface area contributed by atoms with Crippen LogP contribution >= 0.6 is 0 Å². The lowest BCUT2D eigenvalue weighted by Gasteiger charge is -2.18. The highest BCUT2D eigenvalue weighted by molar-refractivity contribution is 6.38. The Balaban J connectivity index is 1.36. The first-order chi connectivity index (χ1) is 13.7. The highest BCUT2D eigenvalue weighted by Crippen LogP contribution is 2.21. The summed E-state index contributed by atoms with van der Waals surface area (Å²) < 4.78 is 1.92. The molecule has 1 aliphatic rings. The van der Waals surface area contributed by atoms with Crippen LogP contribution in [0.5, 0.6) is 0 Å². The first-order valence-electron chi connectivity index (χ1n) is 8.95. The average Bonchev–Trinajstić information content (AvgIpc) is 3.38. The quantitative estimate of drug-likeness (QED) is 0.524. The Morgan fingerprint density at radius 2 is 2.00 bits per heavy atom. The molecule has 1 atom stereocenters. The third-order valence-corrected chi connectivity index (χ3v) is 4.51. The predicted octanol–water partition coefficient (Wildman–Crippen LogP) is 1.14. The number of anilines is 1. The van der Waals surface area contributed by atoms with E-state index in [1.54, 1.807) is 12.4 Å². The Kier molecular flexibility index (Phi) is 4.96. The van der Waals surface area contributed by atoms with Gasteiger partial charge in [0.2, 0.25) is 0 Å². The third kappa shape index (κ3) is 3.83. The normalized spacial score (nSPS) is 17.5. The van der Waals surface area contributed by atoms with E-state index in [0.29, 0.717) is 6.54 Å². The number of benzene rings is 1. The van der Waals surface area contributed by atoms with E-state index in [2.05, 4.69) is 30.2 Å². The summed E-state index contributed by atoms with van der Waals surface area (Å²) in [6.07, 6.45) is 9.30. The van der Waals surface area contributed by atoms with Crippen LogP contribution in [0.1, 0.15) is 6.42 Å². The molecule has 1 fully saturated rings. The summed E-state index contributed by atoms with van der Waals surface area (Å²) in [5, 5.41) is 2.92. The molecule has 0 bridgehead atoms. The Hall–Kier alpha value is -3.75. The molecule has 28 heavy (non-hydrogen) atoms. The van der Waals surface area contributed by atoms with Gasteiger partial charge in [-0.3, -0.25) is 4.79 Å². The van der Waals surface area contributed by atoms with E-state index in [-0.39, 0.29) is 11.9 Å². The van der Waals surface area contributed by atoms with Crippen molar-refractivity contribution < 1.29 is 4.79 Å². The largest absolute Gasteiger partial charge is 0.379 e. The van der Waals surface area contributed by atoms with Crippen LogP contribution < -0.4 is 16.0 Å². The van der Waals surface area contributed by atoms with Crippen molar-refractivity contribution in [3.63, 3.8) is 0 Å². The Labute approximate surface area is 161 Å². The molecule has 0 radical (unpaired) electrons. The van der Waals surface area contributed by atoms with Crippen molar-refractivity contribution in [3.8, 4) is 0 Å². The fourth-order valence-electron chi connectivity index (χ4n) is 3.12. The number of carbonyl (C=O) groups excluding carboxylic acids is 1. The smallest absolute Gasteiger partial charge is 0.286 e. The number of rotatable bonds is 4. The lowest BCUT2D eigenvalue weighted by atomic mass is 10.2. The van der Waals surface area contributed by atoms with Gasteiger partial charge in [0.15, 0.2) is 17.3 Å². The molecule has 3 heterocycles. The van der Waals surface area contributed by atoms with Crippen LogP contribution in [0.3, 0.4) is 0 Å². The maximum Gasteiger partial charge on any atom is 0.286 e. The highest BCUT2D eigenvalue weighted by atomic mass is 16.2. The van der Waals surface area contributed by atoms with Crippen LogP contribution in [0.4, 0.5) is 11.5 Å². The summed E-state index contributed by atoms with van der Waals surface area (Å²) >= 11 is 0. The molecule has 0 saturated carbocycles. The molecule has 0 unspecified atom stereocenters. The third-order valence-electron chi connectivity index (χ3n) is 4.51. The number of hydrogen-bond donors (Lipinski definition) is 2. The number of nitrogens with one attached hydrogen (secondary N) is 1. The number of fused-ring (bicyclic) bond motifs is 1. The van der Waals surface area contributed by atoms with Gasteiger partial charge in [0, 0.05) is 43.9 Å². The zero-order chi connectivity index (χ0) is 19.3. The van der Waals surface area contributed by atoms with Crippen molar-refractivity contribution in [2.24, 2.45) is 15.7 Å². The Bertz CT molecular complexity index is 1030. The van der Waals surface area contributed by atoms with Crippen LogP contribution in [-0.2, 0) is 4.79 Å². The topological polar surface area (TPSA) is 113 Å². The number of aliphatic imine (C=N–C) groups is 2. The van der Waals surface area contributed by atoms with Crippen LogP contribution in [0.25, 0.3) is 5.65 Å². The van der Waals surface area contributed by atoms with Gasteiger partial charge >= 0.3 is 0 Å². The maximum absolute atomic E-state index is 12.3. The van der Waals surface area contributed by atoms with E-state index in [4.69, 9.17) is 5.73 Å². The molecule has 9 heteroatoms. The van der Waals surface area contributed by atoms with Crippen LogP contribution in [0, 0.1) is 0 Å². The number of nitrogens with two attached hydrogens (primary N) is 1. The number of carbonyl (C=O) groups is 1. The fraction of sp³-hybridized carbons (Fsp3) is 0.211. The molecule has 3 aromatic rings. The van der Waals surface area contributed by atoms with Gasteiger partial charge in [-0.15, -0.1) is 0 Å². The molecule has 0 aliphatic carbocycles. The van der Waals surface area contributed by atoms with Gasteiger partial charge < -0.3 is 20.4 Å². The van der Waals surface area contributed by atoms with Gasteiger partial charge in [0.25, 0.3) is 5.91 Å². The first kappa shape index (κ1) is 17.7. The minimum Gasteiger partial charge on any atom is -0.379 e. The zero-order valence-corrected chi connectivity index (χ0v) is 15.1. The standard InChI is InChI=1S/C19H20N8O/c20-16(24-13-23-14-4-2-1-3-5-14)19(28)25-15-6-9-27(12-15)18-17-21-7-10-26(17)11-8-22-18/h1-5,7-8,10-11,13,15H,6,9,12H2,(H,25,28)(H2,20,23,24)/t15-/m0/s1. The summed E-state index contributed by atoms with van der Waals surface area (Å²) in [4.78, 5) is 31.2. The molecule has 0 spiro atoms. The molecular weight excluding hydrogens is 356 g/mol. The number of imidazole rings is 1. The lowest BCUT2D eigenvalue weighted by Crippen LogP contribution is -2.43. The maximum atomic E-state index is 12.3. The molecule has 1 saturated heterocycles. The molecular formula is C19H20N8O. The van der Waals surface area contributed by atoms with Crippen LogP contribution in [0.2, 0.25) is 0 Å². The number of para-hydroxylation sites is 1. The van der Waals surface area contributed by atoms with Crippen molar-refractivity contribution in [3.05, 3.63) is 55.1 Å². The van der Waals surface area contributed by atoms with Crippen molar-refractivity contribution in [2.75, 3.05) is 18.0 Å². The zero-order valence-electron chi connectivity index (χ0n) is 15.1. The summed E-state index contributed by atoms with van der Waals surface area (Å²) in [5.74, 6) is 0.283. The first-order valence-corrected chi connectivity index (χ1v) is 8.95. The number of hydrogen-bond acceptors (Lipinski definition) is 5. The van der Waals surface area contributed by atoms with Crippen LogP contribution in [0.15, 0.2) is 65.1 Å². The minimum absolute atomic E-state index is 0.0377. The number of amidine groups is 1. The summed E-state index contributed by atoms with van der Waals surface area (Å²) in [5.41, 5.74) is 7.31. The summed E-state index contributed by atoms with van der Waals surface area (Å²) in [6, 6.07) is 9.28.